The zero-order chi connectivity index (χ0) is 10.3. The van der Waals surface area contributed by atoms with Crippen LogP contribution in [0.4, 0.5) is 0 Å². The molecule has 2 aromatic rings. The van der Waals surface area contributed by atoms with E-state index < -0.39 is 0 Å². The zero-order valence-electron chi connectivity index (χ0n) is 8.60. The van der Waals surface area contributed by atoms with Crippen molar-refractivity contribution in [2.45, 2.75) is 6.54 Å². The predicted octanol–water partition coefficient (Wildman–Crippen LogP) is 2.01. The summed E-state index contributed by atoms with van der Waals surface area (Å²) in [4.78, 5) is 0. The maximum Gasteiger partial charge on any atom is 0.213 e. The number of methoxy groups -OCH3 is 1. The highest BCUT2D eigenvalue weighted by molar-refractivity contribution is 5.64. The van der Waals surface area contributed by atoms with Crippen molar-refractivity contribution in [1.29, 1.82) is 0 Å². The van der Waals surface area contributed by atoms with Crippen molar-refractivity contribution in [3.63, 3.8) is 0 Å². The lowest BCUT2D eigenvalue weighted by Crippen LogP contribution is -2.31. The van der Waals surface area contributed by atoms with Crippen LogP contribution in [-0.2, 0) is 6.54 Å². The predicted molar refractivity (Wildman–Crippen MR) is 57.7 cm³/mol. The lowest BCUT2D eigenvalue weighted by Gasteiger charge is -1.99. The van der Waals surface area contributed by atoms with Gasteiger partial charge in [0.05, 0.1) is 12.7 Å². The van der Waals surface area contributed by atoms with Gasteiger partial charge >= 0.3 is 0 Å². The fraction of sp³-hybridized carbons (Fsp3) is 0.154. The van der Waals surface area contributed by atoms with Gasteiger partial charge in [0, 0.05) is 17.7 Å². The fourth-order valence-corrected chi connectivity index (χ4v) is 2.12. The first-order valence-electron chi connectivity index (χ1n) is 5.04. The molecule has 74 valence electrons. The van der Waals surface area contributed by atoms with Gasteiger partial charge in [0.15, 0.2) is 12.7 Å². The van der Waals surface area contributed by atoms with Crippen molar-refractivity contribution < 1.29 is 9.30 Å². The van der Waals surface area contributed by atoms with E-state index in [1.54, 1.807) is 7.11 Å². The van der Waals surface area contributed by atoms with E-state index in [0.29, 0.717) is 0 Å². The summed E-state index contributed by atoms with van der Waals surface area (Å²) in [5.74, 6) is 0.933. The molecule has 0 fully saturated rings. The molecule has 0 saturated carbocycles. The molecule has 2 nitrogen and oxygen atoms in total. The van der Waals surface area contributed by atoms with Crippen LogP contribution >= 0.6 is 0 Å². The molecule has 1 aromatic carbocycles. The Bertz CT molecular complexity index is 520. The second kappa shape index (κ2) is 3.09. The Kier molecular flexibility index (Phi) is 1.75. The molecule has 0 radical (unpaired) electrons. The smallest absolute Gasteiger partial charge is 0.213 e. The van der Waals surface area contributed by atoms with E-state index >= 15 is 0 Å². The largest absolute Gasteiger partial charge is 0.497 e. The third kappa shape index (κ3) is 1.22. The number of nitrogens with zero attached hydrogens (tertiary/aromatic N) is 1. The number of hydrogen-bond donors (Lipinski definition) is 0. The molecular formula is C13H12NO+. The Balaban J connectivity index is 2.18. The van der Waals surface area contributed by atoms with Crippen molar-refractivity contribution in [3.8, 4) is 17.0 Å². The molecule has 0 unspecified atom stereocenters. The van der Waals surface area contributed by atoms with Crippen LogP contribution in [0.15, 0.2) is 42.6 Å². The molecule has 2 heterocycles. The molecule has 1 aliphatic heterocycles. The molecule has 3 rings (SSSR count). The van der Waals surface area contributed by atoms with Gasteiger partial charge in [-0.2, -0.15) is 4.57 Å². The Morgan fingerprint density at radius 2 is 2.13 bits per heavy atom. The van der Waals surface area contributed by atoms with Crippen molar-refractivity contribution in [1.82, 2.24) is 0 Å². The van der Waals surface area contributed by atoms with Crippen LogP contribution in [0.5, 0.6) is 5.75 Å². The monoisotopic (exact) mass is 198 g/mol. The van der Waals surface area contributed by atoms with Gasteiger partial charge in [-0.3, -0.25) is 0 Å². The highest BCUT2D eigenvalue weighted by atomic mass is 16.5. The Morgan fingerprint density at radius 3 is 3.00 bits per heavy atom. The number of pyridine rings is 1. The van der Waals surface area contributed by atoms with Crippen molar-refractivity contribution >= 4 is 0 Å². The normalized spacial score (nSPS) is 12.1. The zero-order valence-corrected chi connectivity index (χ0v) is 8.60. The van der Waals surface area contributed by atoms with Crippen LogP contribution in [0.25, 0.3) is 11.3 Å². The number of hydrogen-bond acceptors (Lipinski definition) is 1. The molecule has 0 bridgehead atoms. The fourth-order valence-electron chi connectivity index (χ4n) is 2.12. The van der Waals surface area contributed by atoms with Gasteiger partial charge in [-0.25, -0.2) is 0 Å². The van der Waals surface area contributed by atoms with Crippen LogP contribution in [0.2, 0.25) is 0 Å². The number of benzene rings is 1. The Hall–Kier alpha value is -1.83. The van der Waals surface area contributed by atoms with E-state index in [9.17, 15) is 0 Å². The first-order valence-corrected chi connectivity index (χ1v) is 5.04. The van der Waals surface area contributed by atoms with Crippen LogP contribution < -0.4 is 9.30 Å². The van der Waals surface area contributed by atoms with E-state index in [2.05, 4.69) is 41.1 Å². The lowest BCUT2D eigenvalue weighted by molar-refractivity contribution is -0.672. The number of rotatable bonds is 1. The topological polar surface area (TPSA) is 13.1 Å². The highest BCUT2D eigenvalue weighted by Gasteiger charge is 2.24. The number of aromatic nitrogens is 1. The molecular weight excluding hydrogens is 186 g/mol. The Morgan fingerprint density at radius 1 is 1.20 bits per heavy atom. The summed E-state index contributed by atoms with van der Waals surface area (Å²) in [6, 6.07) is 12.5. The molecule has 0 spiro atoms. The van der Waals surface area contributed by atoms with E-state index in [0.717, 1.165) is 12.3 Å². The van der Waals surface area contributed by atoms with Crippen molar-refractivity contribution in [2.24, 2.45) is 0 Å². The molecule has 0 atom stereocenters. The van der Waals surface area contributed by atoms with Crippen molar-refractivity contribution in [2.75, 3.05) is 7.11 Å². The van der Waals surface area contributed by atoms with Crippen molar-refractivity contribution in [3.05, 3.63) is 48.2 Å². The van der Waals surface area contributed by atoms with Gasteiger partial charge < -0.3 is 4.74 Å². The quantitative estimate of drug-likeness (QED) is 0.545. The third-order valence-electron chi connectivity index (χ3n) is 2.87. The second-order valence-electron chi connectivity index (χ2n) is 3.74. The standard InChI is InChI=1S/C13H12NO/c1-15-11-5-6-12-10(8-11)9-14-7-3-2-4-13(12)14/h2-8H,9H2,1H3/q+1. The number of ether oxygens (including phenoxy) is 1. The average molecular weight is 198 g/mol. The summed E-state index contributed by atoms with van der Waals surface area (Å²) >= 11 is 0. The van der Waals surface area contributed by atoms with E-state index in [1.165, 1.54) is 16.8 Å². The minimum atomic E-state index is 0.933. The molecule has 0 N–H and O–H groups in total. The van der Waals surface area contributed by atoms with E-state index in [1.807, 2.05) is 6.07 Å². The number of fused-ring (bicyclic) bond motifs is 3. The first-order chi connectivity index (χ1) is 7.38. The summed E-state index contributed by atoms with van der Waals surface area (Å²) in [6.07, 6.45) is 2.11. The van der Waals surface area contributed by atoms with Gasteiger partial charge in [0.2, 0.25) is 5.69 Å². The SMILES string of the molecule is COc1ccc2c(c1)C[n+]1ccccc1-2. The maximum atomic E-state index is 5.23. The van der Waals surface area contributed by atoms with Crippen LogP contribution in [0.3, 0.4) is 0 Å². The lowest BCUT2D eigenvalue weighted by atomic mass is 10.1. The van der Waals surface area contributed by atoms with E-state index in [4.69, 9.17) is 4.74 Å². The summed E-state index contributed by atoms with van der Waals surface area (Å²) in [6.45, 7) is 0.947. The summed E-state index contributed by atoms with van der Waals surface area (Å²) < 4.78 is 7.48. The molecule has 1 aromatic heterocycles. The van der Waals surface area contributed by atoms with Gasteiger partial charge in [-0.1, -0.05) is 0 Å². The highest BCUT2D eigenvalue weighted by Crippen LogP contribution is 2.29. The summed E-state index contributed by atoms with van der Waals surface area (Å²) in [5.41, 5.74) is 3.94. The molecule has 0 saturated heterocycles. The van der Waals surface area contributed by atoms with Crippen LogP contribution in [0.1, 0.15) is 5.56 Å². The van der Waals surface area contributed by atoms with Gasteiger partial charge in [-0.15, -0.1) is 0 Å². The first kappa shape index (κ1) is 8.48. The summed E-state index contributed by atoms with van der Waals surface area (Å²) in [7, 11) is 1.71. The second-order valence-corrected chi connectivity index (χ2v) is 3.74. The molecule has 1 aliphatic rings. The van der Waals surface area contributed by atoms with Crippen LogP contribution in [-0.4, -0.2) is 7.11 Å². The minimum absolute atomic E-state index is 0.933. The third-order valence-corrected chi connectivity index (χ3v) is 2.87. The van der Waals surface area contributed by atoms with Crippen LogP contribution in [0, 0.1) is 0 Å². The van der Waals surface area contributed by atoms with Gasteiger partial charge in [-0.05, 0) is 24.3 Å². The van der Waals surface area contributed by atoms with Gasteiger partial charge in [0.1, 0.15) is 5.75 Å². The molecule has 2 heteroatoms. The average Bonchev–Trinajstić information content (AvgIpc) is 2.66. The minimum Gasteiger partial charge on any atom is -0.497 e. The van der Waals surface area contributed by atoms with E-state index in [-0.39, 0.29) is 0 Å². The maximum absolute atomic E-state index is 5.23. The molecule has 15 heavy (non-hydrogen) atoms. The Labute approximate surface area is 88.8 Å². The summed E-state index contributed by atoms with van der Waals surface area (Å²) in [5, 5.41) is 0. The van der Waals surface area contributed by atoms with Gasteiger partial charge in [0.25, 0.3) is 0 Å². The molecule has 0 aliphatic carbocycles. The molecule has 0 amide bonds.